The molecule has 0 radical (unpaired) electrons. The van der Waals surface area contributed by atoms with Gasteiger partial charge in [0.25, 0.3) is 0 Å². The van der Waals surface area contributed by atoms with Gasteiger partial charge in [0.05, 0.1) is 18.3 Å². The molecule has 4 aromatic rings. The van der Waals surface area contributed by atoms with Crippen molar-refractivity contribution < 1.29 is 14.3 Å². The van der Waals surface area contributed by atoms with Crippen LogP contribution in [0.2, 0.25) is 0 Å². The Labute approximate surface area is 138 Å². The SMILES string of the molecule is COc1ccc(-c2nc(-c3ccc(CO)o3)n3ccccc23)cc1. The minimum Gasteiger partial charge on any atom is -0.497 e. The number of furan rings is 1. The van der Waals surface area contributed by atoms with Gasteiger partial charge in [0.1, 0.15) is 18.1 Å². The summed E-state index contributed by atoms with van der Waals surface area (Å²) in [4.78, 5) is 4.78. The number of ether oxygens (including phenoxy) is 1. The number of benzene rings is 1. The molecule has 0 spiro atoms. The zero-order valence-electron chi connectivity index (χ0n) is 13.1. The minimum absolute atomic E-state index is 0.130. The molecule has 5 heteroatoms. The molecule has 0 fully saturated rings. The van der Waals surface area contributed by atoms with Crippen molar-refractivity contribution in [1.29, 1.82) is 0 Å². The van der Waals surface area contributed by atoms with E-state index in [2.05, 4.69) is 0 Å². The summed E-state index contributed by atoms with van der Waals surface area (Å²) in [5.74, 6) is 2.65. The first-order chi connectivity index (χ1) is 11.8. The molecule has 0 saturated carbocycles. The smallest absolute Gasteiger partial charge is 0.181 e. The monoisotopic (exact) mass is 320 g/mol. The number of nitrogens with zero attached hydrogens (tertiary/aromatic N) is 2. The second-order valence-corrected chi connectivity index (χ2v) is 5.39. The highest BCUT2D eigenvalue weighted by Crippen LogP contribution is 2.31. The van der Waals surface area contributed by atoms with E-state index in [1.165, 1.54) is 0 Å². The molecule has 0 bridgehead atoms. The quantitative estimate of drug-likeness (QED) is 0.622. The maximum absolute atomic E-state index is 9.21. The molecule has 3 heterocycles. The number of rotatable bonds is 4. The van der Waals surface area contributed by atoms with E-state index >= 15 is 0 Å². The molecule has 0 aliphatic rings. The van der Waals surface area contributed by atoms with Crippen molar-refractivity contribution in [3.63, 3.8) is 0 Å². The van der Waals surface area contributed by atoms with Gasteiger partial charge in [-0.05, 0) is 48.5 Å². The first kappa shape index (κ1) is 14.5. The van der Waals surface area contributed by atoms with E-state index in [-0.39, 0.29) is 6.61 Å². The van der Waals surface area contributed by atoms with Gasteiger partial charge in [-0.1, -0.05) is 6.07 Å². The highest BCUT2D eigenvalue weighted by Gasteiger charge is 2.16. The summed E-state index contributed by atoms with van der Waals surface area (Å²) in [5, 5.41) is 9.21. The first-order valence-electron chi connectivity index (χ1n) is 7.61. The molecule has 3 aromatic heterocycles. The Hall–Kier alpha value is -3.05. The summed E-state index contributed by atoms with van der Waals surface area (Å²) in [5.41, 5.74) is 2.86. The number of aliphatic hydroxyl groups is 1. The number of aromatic nitrogens is 2. The fraction of sp³-hybridized carbons (Fsp3) is 0.105. The molecule has 1 aromatic carbocycles. The van der Waals surface area contributed by atoms with Gasteiger partial charge in [0.2, 0.25) is 0 Å². The predicted octanol–water partition coefficient (Wildman–Crippen LogP) is 3.76. The molecular weight excluding hydrogens is 304 g/mol. The van der Waals surface area contributed by atoms with Crippen LogP contribution in [0.15, 0.2) is 65.2 Å². The Bertz CT molecular complexity index is 983. The maximum atomic E-state index is 9.21. The van der Waals surface area contributed by atoms with Crippen molar-refractivity contribution in [2.24, 2.45) is 0 Å². The van der Waals surface area contributed by atoms with Crippen molar-refractivity contribution in [2.75, 3.05) is 7.11 Å². The van der Waals surface area contributed by atoms with E-state index in [1.807, 2.05) is 59.1 Å². The van der Waals surface area contributed by atoms with Crippen LogP contribution >= 0.6 is 0 Å². The molecule has 0 atom stereocenters. The van der Waals surface area contributed by atoms with Crippen LogP contribution in [0.1, 0.15) is 5.76 Å². The van der Waals surface area contributed by atoms with Crippen LogP contribution in [0.3, 0.4) is 0 Å². The van der Waals surface area contributed by atoms with Gasteiger partial charge in [-0.25, -0.2) is 4.98 Å². The lowest BCUT2D eigenvalue weighted by Crippen LogP contribution is -1.86. The number of hydrogen-bond donors (Lipinski definition) is 1. The van der Waals surface area contributed by atoms with Gasteiger partial charge in [0.15, 0.2) is 11.6 Å². The predicted molar refractivity (Wildman–Crippen MR) is 90.8 cm³/mol. The minimum atomic E-state index is -0.130. The van der Waals surface area contributed by atoms with E-state index in [1.54, 1.807) is 13.2 Å². The zero-order valence-corrected chi connectivity index (χ0v) is 13.1. The van der Waals surface area contributed by atoms with Gasteiger partial charge in [-0.2, -0.15) is 0 Å². The summed E-state index contributed by atoms with van der Waals surface area (Å²) in [6, 6.07) is 17.3. The molecule has 0 unspecified atom stereocenters. The summed E-state index contributed by atoms with van der Waals surface area (Å²) in [6.07, 6.45) is 1.95. The average Bonchev–Trinajstić information content (AvgIpc) is 3.26. The number of fused-ring (bicyclic) bond motifs is 1. The van der Waals surface area contributed by atoms with Gasteiger partial charge in [-0.3, -0.25) is 4.40 Å². The summed E-state index contributed by atoms with van der Waals surface area (Å²) in [7, 11) is 1.65. The van der Waals surface area contributed by atoms with E-state index in [9.17, 15) is 5.11 Å². The van der Waals surface area contributed by atoms with Gasteiger partial charge < -0.3 is 14.3 Å². The van der Waals surface area contributed by atoms with Crippen LogP contribution in [0.4, 0.5) is 0 Å². The molecular formula is C19H16N2O3. The third-order valence-corrected chi connectivity index (χ3v) is 3.95. The Kier molecular flexibility index (Phi) is 3.55. The zero-order chi connectivity index (χ0) is 16.5. The number of imidazole rings is 1. The normalized spacial score (nSPS) is 11.1. The Morgan fingerprint density at radius 2 is 1.92 bits per heavy atom. The summed E-state index contributed by atoms with van der Waals surface area (Å²) in [6.45, 7) is -0.130. The highest BCUT2D eigenvalue weighted by molar-refractivity contribution is 5.80. The molecule has 0 saturated heterocycles. The van der Waals surface area contributed by atoms with E-state index in [4.69, 9.17) is 14.1 Å². The largest absolute Gasteiger partial charge is 0.497 e. The summed E-state index contributed by atoms with van der Waals surface area (Å²) < 4.78 is 12.9. The topological polar surface area (TPSA) is 59.9 Å². The van der Waals surface area contributed by atoms with Crippen molar-refractivity contribution in [3.05, 3.63) is 66.6 Å². The van der Waals surface area contributed by atoms with Gasteiger partial charge in [0, 0.05) is 11.8 Å². The lowest BCUT2D eigenvalue weighted by Gasteiger charge is -2.01. The lowest BCUT2D eigenvalue weighted by molar-refractivity contribution is 0.248. The molecule has 0 aliphatic heterocycles. The van der Waals surface area contributed by atoms with Crippen molar-refractivity contribution >= 4 is 5.52 Å². The molecule has 24 heavy (non-hydrogen) atoms. The van der Waals surface area contributed by atoms with Gasteiger partial charge in [-0.15, -0.1) is 0 Å². The number of pyridine rings is 1. The fourth-order valence-electron chi connectivity index (χ4n) is 2.76. The first-order valence-corrected chi connectivity index (χ1v) is 7.61. The molecule has 120 valence electrons. The molecule has 5 nitrogen and oxygen atoms in total. The highest BCUT2D eigenvalue weighted by atomic mass is 16.5. The average molecular weight is 320 g/mol. The molecule has 1 N–H and O–H groups in total. The third-order valence-electron chi connectivity index (χ3n) is 3.95. The Morgan fingerprint density at radius 1 is 1.08 bits per heavy atom. The van der Waals surface area contributed by atoms with E-state index in [0.717, 1.165) is 22.5 Å². The Balaban J connectivity index is 1.90. The number of hydrogen-bond acceptors (Lipinski definition) is 4. The van der Waals surface area contributed by atoms with Crippen LogP contribution in [-0.2, 0) is 6.61 Å². The second kappa shape index (κ2) is 5.86. The van der Waals surface area contributed by atoms with Crippen LogP contribution in [0.25, 0.3) is 28.4 Å². The Morgan fingerprint density at radius 3 is 2.62 bits per heavy atom. The standard InChI is InChI=1S/C19H16N2O3/c1-23-14-7-5-13(6-8-14)18-16-4-2-3-11-21(16)19(20-18)17-10-9-15(12-22)24-17/h2-11,22H,12H2,1H3. The van der Waals surface area contributed by atoms with Crippen LogP contribution in [0.5, 0.6) is 5.75 Å². The second-order valence-electron chi connectivity index (χ2n) is 5.39. The fourth-order valence-corrected chi connectivity index (χ4v) is 2.76. The van der Waals surface area contributed by atoms with Crippen LogP contribution in [0, 0.1) is 0 Å². The third kappa shape index (κ3) is 2.35. The van der Waals surface area contributed by atoms with Gasteiger partial charge >= 0.3 is 0 Å². The van der Waals surface area contributed by atoms with Crippen molar-refractivity contribution in [2.45, 2.75) is 6.61 Å². The van der Waals surface area contributed by atoms with Crippen LogP contribution in [-0.4, -0.2) is 21.6 Å². The molecule has 0 amide bonds. The maximum Gasteiger partial charge on any atom is 0.181 e. The number of methoxy groups -OCH3 is 1. The lowest BCUT2D eigenvalue weighted by atomic mass is 10.1. The van der Waals surface area contributed by atoms with Crippen molar-refractivity contribution in [1.82, 2.24) is 9.38 Å². The van der Waals surface area contributed by atoms with E-state index < -0.39 is 0 Å². The molecule has 0 aliphatic carbocycles. The van der Waals surface area contributed by atoms with E-state index in [0.29, 0.717) is 17.3 Å². The molecule has 4 rings (SSSR count). The van der Waals surface area contributed by atoms with Crippen LogP contribution < -0.4 is 4.74 Å². The van der Waals surface area contributed by atoms with Crippen molar-refractivity contribution in [3.8, 4) is 28.6 Å². The summed E-state index contributed by atoms with van der Waals surface area (Å²) >= 11 is 0. The number of aliphatic hydroxyl groups excluding tert-OH is 1.